The summed E-state index contributed by atoms with van der Waals surface area (Å²) in [5.41, 5.74) is 0.0350. The van der Waals surface area contributed by atoms with Crippen LogP contribution in [0.2, 0.25) is 0 Å². The molecule has 21 heavy (non-hydrogen) atoms. The molecule has 1 aromatic rings. The third-order valence-electron chi connectivity index (χ3n) is 4.31. The second-order valence-corrected chi connectivity index (χ2v) is 5.93. The van der Waals surface area contributed by atoms with Crippen LogP contribution in [-0.4, -0.2) is 23.4 Å². The molecule has 1 heterocycles. The second kappa shape index (κ2) is 5.02. The van der Waals surface area contributed by atoms with E-state index in [0.29, 0.717) is 11.5 Å². The zero-order valence-corrected chi connectivity index (χ0v) is 11.7. The minimum absolute atomic E-state index is 0.0248. The van der Waals surface area contributed by atoms with Gasteiger partial charge in [0.15, 0.2) is 0 Å². The number of halogens is 3. The van der Waals surface area contributed by atoms with E-state index in [1.54, 1.807) is 4.90 Å². The molecule has 1 saturated carbocycles. The molecule has 1 amide bonds. The van der Waals surface area contributed by atoms with Gasteiger partial charge in [0.1, 0.15) is 6.17 Å². The molecule has 114 valence electrons. The van der Waals surface area contributed by atoms with Gasteiger partial charge in [-0.1, -0.05) is 19.1 Å². The predicted octanol–water partition coefficient (Wildman–Crippen LogP) is 2.93. The summed E-state index contributed by atoms with van der Waals surface area (Å²) in [5.74, 6) is 0.633. The first-order valence-corrected chi connectivity index (χ1v) is 7.08. The first-order chi connectivity index (χ1) is 9.86. The zero-order valence-electron chi connectivity index (χ0n) is 11.7. The number of carbonyl (C=O) groups is 1. The monoisotopic (exact) mass is 298 g/mol. The van der Waals surface area contributed by atoms with E-state index >= 15 is 0 Å². The van der Waals surface area contributed by atoms with Gasteiger partial charge >= 0.3 is 6.18 Å². The SMILES string of the molecule is CC1CC(N2C(=O)CNC2c2ccc(C(F)(F)F)cc2)C1. The highest BCUT2D eigenvalue weighted by molar-refractivity contribution is 5.81. The Morgan fingerprint density at radius 2 is 1.81 bits per heavy atom. The van der Waals surface area contributed by atoms with Gasteiger partial charge in [-0.25, -0.2) is 0 Å². The van der Waals surface area contributed by atoms with E-state index in [9.17, 15) is 18.0 Å². The molecule has 0 bridgehead atoms. The Morgan fingerprint density at radius 1 is 1.19 bits per heavy atom. The summed E-state index contributed by atoms with van der Waals surface area (Å²) in [7, 11) is 0. The topological polar surface area (TPSA) is 32.3 Å². The minimum atomic E-state index is -4.33. The average molecular weight is 298 g/mol. The Kier molecular flexibility index (Phi) is 3.43. The second-order valence-electron chi connectivity index (χ2n) is 5.93. The first-order valence-electron chi connectivity index (χ1n) is 7.08. The molecule has 2 fully saturated rings. The maximum atomic E-state index is 12.6. The number of alkyl halides is 3. The van der Waals surface area contributed by atoms with Crippen LogP contribution in [0.15, 0.2) is 24.3 Å². The van der Waals surface area contributed by atoms with Crippen LogP contribution in [0, 0.1) is 5.92 Å². The summed E-state index contributed by atoms with van der Waals surface area (Å²) >= 11 is 0. The van der Waals surface area contributed by atoms with E-state index < -0.39 is 11.7 Å². The molecular weight excluding hydrogens is 281 g/mol. The van der Waals surface area contributed by atoms with Gasteiger partial charge in [-0.3, -0.25) is 10.1 Å². The lowest BCUT2D eigenvalue weighted by molar-refractivity contribution is -0.137. The number of rotatable bonds is 2. The molecule has 1 saturated heterocycles. The lowest BCUT2D eigenvalue weighted by Gasteiger charge is -2.42. The Morgan fingerprint density at radius 3 is 2.33 bits per heavy atom. The highest BCUT2D eigenvalue weighted by Gasteiger charge is 2.41. The summed E-state index contributed by atoms with van der Waals surface area (Å²) in [6, 6.07) is 5.25. The third kappa shape index (κ3) is 2.64. The van der Waals surface area contributed by atoms with Crippen molar-refractivity contribution in [3.8, 4) is 0 Å². The summed E-state index contributed by atoms with van der Waals surface area (Å²) in [5, 5.41) is 3.09. The van der Waals surface area contributed by atoms with E-state index in [0.717, 1.165) is 25.0 Å². The van der Waals surface area contributed by atoms with E-state index in [-0.39, 0.29) is 24.7 Å². The van der Waals surface area contributed by atoms with Gasteiger partial charge in [-0.15, -0.1) is 0 Å². The normalized spacial score (nSPS) is 29.6. The van der Waals surface area contributed by atoms with Crippen molar-refractivity contribution in [3.63, 3.8) is 0 Å². The molecule has 3 nitrogen and oxygen atoms in total. The summed E-state index contributed by atoms with van der Waals surface area (Å²) in [6.07, 6.45) is -2.72. The van der Waals surface area contributed by atoms with Crippen molar-refractivity contribution < 1.29 is 18.0 Å². The number of amides is 1. The standard InChI is InChI=1S/C15H17F3N2O/c1-9-6-12(7-9)20-13(21)8-19-14(20)10-2-4-11(5-3-10)15(16,17)18/h2-5,9,12,14,19H,6-8H2,1H3. The van der Waals surface area contributed by atoms with Gasteiger partial charge in [0.05, 0.1) is 12.1 Å². The molecule has 0 radical (unpaired) electrons. The molecule has 1 atom stereocenters. The van der Waals surface area contributed by atoms with Crippen molar-refractivity contribution in [1.82, 2.24) is 10.2 Å². The van der Waals surface area contributed by atoms with Crippen LogP contribution in [-0.2, 0) is 11.0 Å². The van der Waals surface area contributed by atoms with Crippen molar-refractivity contribution >= 4 is 5.91 Å². The molecule has 0 aromatic heterocycles. The minimum Gasteiger partial charge on any atom is -0.319 e. The molecule has 1 unspecified atom stereocenters. The van der Waals surface area contributed by atoms with Crippen molar-refractivity contribution in [2.75, 3.05) is 6.54 Å². The van der Waals surface area contributed by atoms with E-state index in [4.69, 9.17) is 0 Å². The van der Waals surface area contributed by atoms with Crippen molar-refractivity contribution in [1.29, 1.82) is 0 Å². The Labute approximate surface area is 121 Å². The lowest BCUT2D eigenvalue weighted by Crippen LogP contribution is -2.46. The number of hydrogen-bond acceptors (Lipinski definition) is 2. The molecule has 3 rings (SSSR count). The van der Waals surface area contributed by atoms with Gasteiger partial charge < -0.3 is 4.90 Å². The Bertz CT molecular complexity index is 535. The fourth-order valence-corrected chi connectivity index (χ4v) is 3.15. The quantitative estimate of drug-likeness (QED) is 0.910. The van der Waals surface area contributed by atoms with Gasteiger partial charge in [-0.2, -0.15) is 13.2 Å². The van der Waals surface area contributed by atoms with E-state index in [2.05, 4.69) is 12.2 Å². The summed E-state index contributed by atoms with van der Waals surface area (Å²) < 4.78 is 37.8. The Balaban J connectivity index is 1.80. The highest BCUT2D eigenvalue weighted by atomic mass is 19.4. The molecule has 1 aliphatic heterocycles. The van der Waals surface area contributed by atoms with Crippen LogP contribution in [0.25, 0.3) is 0 Å². The van der Waals surface area contributed by atoms with Crippen LogP contribution < -0.4 is 5.32 Å². The first kappa shape index (κ1) is 14.4. The highest BCUT2D eigenvalue weighted by Crippen LogP contribution is 2.38. The molecule has 6 heteroatoms. The fourth-order valence-electron chi connectivity index (χ4n) is 3.15. The van der Waals surface area contributed by atoms with E-state index in [1.165, 1.54) is 12.1 Å². The lowest BCUT2D eigenvalue weighted by atomic mass is 9.80. The van der Waals surface area contributed by atoms with Crippen LogP contribution in [0.1, 0.15) is 37.1 Å². The maximum absolute atomic E-state index is 12.6. The van der Waals surface area contributed by atoms with Gasteiger partial charge in [0, 0.05) is 6.04 Å². The molecular formula is C15H17F3N2O. The molecule has 1 aromatic carbocycles. The number of hydrogen-bond donors (Lipinski definition) is 1. The molecule has 1 aliphatic carbocycles. The molecule has 2 aliphatic rings. The van der Waals surface area contributed by atoms with Crippen LogP contribution in [0.4, 0.5) is 13.2 Å². The average Bonchev–Trinajstić information content (AvgIpc) is 2.76. The predicted molar refractivity (Wildman–Crippen MR) is 71.2 cm³/mol. The smallest absolute Gasteiger partial charge is 0.319 e. The number of benzene rings is 1. The largest absolute Gasteiger partial charge is 0.416 e. The van der Waals surface area contributed by atoms with Gasteiger partial charge in [0.2, 0.25) is 5.91 Å². The van der Waals surface area contributed by atoms with Gasteiger partial charge in [0.25, 0.3) is 0 Å². The maximum Gasteiger partial charge on any atom is 0.416 e. The summed E-state index contributed by atoms with van der Waals surface area (Å²) in [6.45, 7) is 2.38. The van der Waals surface area contributed by atoms with Crippen LogP contribution in [0.5, 0.6) is 0 Å². The van der Waals surface area contributed by atoms with Crippen molar-refractivity contribution in [2.45, 2.75) is 38.1 Å². The van der Waals surface area contributed by atoms with E-state index in [1.807, 2.05) is 0 Å². The zero-order chi connectivity index (χ0) is 15.2. The molecule has 1 N–H and O–H groups in total. The van der Waals surface area contributed by atoms with Crippen LogP contribution >= 0.6 is 0 Å². The molecule has 0 spiro atoms. The van der Waals surface area contributed by atoms with Gasteiger partial charge in [-0.05, 0) is 36.5 Å². The summed E-state index contributed by atoms with van der Waals surface area (Å²) in [4.78, 5) is 13.8. The van der Waals surface area contributed by atoms with Crippen LogP contribution in [0.3, 0.4) is 0 Å². The fraction of sp³-hybridized carbons (Fsp3) is 0.533. The third-order valence-corrected chi connectivity index (χ3v) is 4.31. The van der Waals surface area contributed by atoms with Crippen molar-refractivity contribution in [3.05, 3.63) is 35.4 Å². The number of nitrogens with zero attached hydrogens (tertiary/aromatic N) is 1. The number of carbonyl (C=O) groups excluding carboxylic acids is 1. The number of nitrogens with one attached hydrogen (secondary N) is 1. The Hall–Kier alpha value is -1.56. The van der Waals surface area contributed by atoms with Crippen molar-refractivity contribution in [2.24, 2.45) is 5.92 Å².